The van der Waals surface area contributed by atoms with Crippen LogP contribution in [0.4, 0.5) is 0 Å². The third kappa shape index (κ3) is 3.03. The lowest BCUT2D eigenvalue weighted by molar-refractivity contribution is -0.141. The zero-order valence-corrected chi connectivity index (χ0v) is 7.95. The Morgan fingerprint density at radius 2 is 2.46 bits per heavy atom. The number of hydrogen-bond acceptors (Lipinski definition) is 2. The number of carboxylic acid groups (broad SMARTS) is 1. The van der Waals surface area contributed by atoms with Crippen LogP contribution in [0.25, 0.3) is 0 Å². The van der Waals surface area contributed by atoms with E-state index in [0.29, 0.717) is 11.6 Å². The molecule has 0 radical (unpaired) electrons. The quantitative estimate of drug-likeness (QED) is 0.758. The molecular formula is C9H10ClNO2. The van der Waals surface area contributed by atoms with Crippen LogP contribution in [-0.4, -0.2) is 16.1 Å². The summed E-state index contributed by atoms with van der Waals surface area (Å²) in [4.78, 5) is 14.3. The van der Waals surface area contributed by atoms with Gasteiger partial charge in [0.2, 0.25) is 0 Å². The van der Waals surface area contributed by atoms with Crippen molar-refractivity contribution < 1.29 is 9.90 Å². The van der Waals surface area contributed by atoms with Gasteiger partial charge in [-0.2, -0.15) is 0 Å². The molecule has 3 nitrogen and oxygen atoms in total. The van der Waals surface area contributed by atoms with E-state index in [4.69, 9.17) is 16.7 Å². The summed E-state index contributed by atoms with van der Waals surface area (Å²) in [6.07, 6.45) is 2.06. The fourth-order valence-corrected chi connectivity index (χ4v) is 1.21. The molecule has 1 unspecified atom stereocenters. The minimum absolute atomic E-state index is 0.390. The van der Waals surface area contributed by atoms with Crippen molar-refractivity contribution in [2.24, 2.45) is 5.92 Å². The van der Waals surface area contributed by atoms with Crippen LogP contribution in [0.1, 0.15) is 12.5 Å². The number of carboxylic acids is 1. The fraction of sp³-hybridized carbons (Fsp3) is 0.333. The number of aliphatic carboxylic acids is 1. The number of aromatic nitrogens is 1. The molecule has 70 valence electrons. The Bertz CT molecular complexity index is 314. The predicted octanol–water partition coefficient (Wildman–Crippen LogP) is 2.00. The number of pyridine rings is 1. The van der Waals surface area contributed by atoms with Gasteiger partial charge in [-0.1, -0.05) is 18.5 Å². The number of hydrogen-bond donors (Lipinski definition) is 1. The molecule has 4 heteroatoms. The van der Waals surface area contributed by atoms with Gasteiger partial charge in [-0.05, 0) is 24.1 Å². The maximum Gasteiger partial charge on any atom is 0.306 e. The highest BCUT2D eigenvalue weighted by molar-refractivity contribution is 6.29. The third-order valence-corrected chi connectivity index (χ3v) is 1.96. The predicted molar refractivity (Wildman–Crippen MR) is 49.8 cm³/mol. The molecule has 0 amide bonds. The van der Waals surface area contributed by atoms with Crippen LogP contribution in [0.15, 0.2) is 18.3 Å². The van der Waals surface area contributed by atoms with Crippen LogP contribution >= 0.6 is 11.6 Å². The standard InChI is InChI=1S/C9H10ClNO2/c1-6(9(12)13)4-7-2-3-11-8(10)5-7/h2-3,5-6H,4H2,1H3,(H,12,13). The Labute approximate surface area is 81.4 Å². The molecule has 0 saturated carbocycles. The lowest BCUT2D eigenvalue weighted by Gasteiger charge is -2.05. The number of nitrogens with zero attached hydrogens (tertiary/aromatic N) is 1. The lowest BCUT2D eigenvalue weighted by Crippen LogP contribution is -2.12. The molecule has 0 saturated heterocycles. The fourth-order valence-electron chi connectivity index (χ4n) is 1.01. The van der Waals surface area contributed by atoms with Gasteiger partial charge in [0.1, 0.15) is 5.15 Å². The molecule has 0 aliphatic heterocycles. The summed E-state index contributed by atoms with van der Waals surface area (Å²) in [7, 11) is 0. The van der Waals surface area contributed by atoms with Crippen molar-refractivity contribution in [2.75, 3.05) is 0 Å². The summed E-state index contributed by atoms with van der Waals surface area (Å²) in [5, 5.41) is 9.06. The maximum absolute atomic E-state index is 10.5. The van der Waals surface area contributed by atoms with Crippen molar-refractivity contribution in [2.45, 2.75) is 13.3 Å². The highest BCUT2D eigenvalue weighted by Crippen LogP contribution is 2.11. The molecule has 1 aromatic rings. The Hall–Kier alpha value is -1.09. The zero-order valence-electron chi connectivity index (χ0n) is 7.20. The van der Waals surface area contributed by atoms with Gasteiger partial charge in [0.25, 0.3) is 0 Å². The molecule has 1 N–H and O–H groups in total. The molecule has 0 aliphatic rings. The number of halogens is 1. The Morgan fingerprint density at radius 3 is 3.00 bits per heavy atom. The van der Waals surface area contributed by atoms with Crippen LogP contribution in [-0.2, 0) is 11.2 Å². The van der Waals surface area contributed by atoms with Crippen LogP contribution in [0, 0.1) is 5.92 Å². The van der Waals surface area contributed by atoms with Gasteiger partial charge in [0, 0.05) is 6.20 Å². The van der Waals surface area contributed by atoms with Crippen molar-refractivity contribution >= 4 is 17.6 Å². The van der Waals surface area contributed by atoms with Crippen LogP contribution in [0.3, 0.4) is 0 Å². The molecule has 0 aromatic carbocycles. The zero-order chi connectivity index (χ0) is 9.84. The van der Waals surface area contributed by atoms with Gasteiger partial charge >= 0.3 is 5.97 Å². The lowest BCUT2D eigenvalue weighted by atomic mass is 10.0. The molecule has 13 heavy (non-hydrogen) atoms. The van der Waals surface area contributed by atoms with Crippen molar-refractivity contribution in [1.29, 1.82) is 0 Å². The van der Waals surface area contributed by atoms with Gasteiger partial charge in [0.15, 0.2) is 0 Å². The Balaban J connectivity index is 2.69. The summed E-state index contributed by atoms with van der Waals surface area (Å²) in [6, 6.07) is 3.45. The van der Waals surface area contributed by atoms with Crippen molar-refractivity contribution in [3.63, 3.8) is 0 Å². The first kappa shape index (κ1) is 9.99. The first-order valence-electron chi connectivity index (χ1n) is 3.93. The monoisotopic (exact) mass is 199 g/mol. The van der Waals surface area contributed by atoms with E-state index in [1.807, 2.05) is 0 Å². The van der Waals surface area contributed by atoms with Crippen LogP contribution in [0.5, 0.6) is 0 Å². The molecule has 1 rings (SSSR count). The first-order valence-corrected chi connectivity index (χ1v) is 4.30. The molecule has 1 atom stereocenters. The average Bonchev–Trinajstić information content (AvgIpc) is 2.04. The third-order valence-electron chi connectivity index (χ3n) is 1.75. The van der Waals surface area contributed by atoms with Crippen molar-refractivity contribution in [1.82, 2.24) is 4.98 Å². The summed E-state index contributed by atoms with van der Waals surface area (Å²) in [5.74, 6) is -1.19. The molecule has 0 bridgehead atoms. The summed E-state index contributed by atoms with van der Waals surface area (Å²) < 4.78 is 0. The molecular weight excluding hydrogens is 190 g/mol. The van der Waals surface area contributed by atoms with Gasteiger partial charge in [-0.25, -0.2) is 4.98 Å². The van der Waals surface area contributed by atoms with E-state index in [1.165, 1.54) is 0 Å². The minimum Gasteiger partial charge on any atom is -0.481 e. The van der Waals surface area contributed by atoms with Gasteiger partial charge < -0.3 is 5.11 Å². The van der Waals surface area contributed by atoms with E-state index < -0.39 is 11.9 Å². The topological polar surface area (TPSA) is 50.2 Å². The second kappa shape index (κ2) is 4.23. The van der Waals surface area contributed by atoms with E-state index in [0.717, 1.165) is 5.56 Å². The smallest absolute Gasteiger partial charge is 0.306 e. The number of rotatable bonds is 3. The summed E-state index contributed by atoms with van der Waals surface area (Å²) in [6.45, 7) is 1.66. The maximum atomic E-state index is 10.5. The second-order valence-electron chi connectivity index (χ2n) is 2.93. The SMILES string of the molecule is CC(Cc1ccnc(Cl)c1)C(=O)O. The highest BCUT2D eigenvalue weighted by Gasteiger charge is 2.11. The molecule has 1 heterocycles. The normalized spacial score (nSPS) is 12.5. The van der Waals surface area contributed by atoms with Crippen LogP contribution < -0.4 is 0 Å². The van der Waals surface area contributed by atoms with Gasteiger partial charge in [-0.15, -0.1) is 0 Å². The molecule has 0 aliphatic carbocycles. The first-order chi connectivity index (χ1) is 6.09. The van der Waals surface area contributed by atoms with Crippen molar-refractivity contribution in [3.05, 3.63) is 29.0 Å². The molecule has 1 aromatic heterocycles. The van der Waals surface area contributed by atoms with E-state index in [-0.39, 0.29) is 0 Å². The highest BCUT2D eigenvalue weighted by atomic mass is 35.5. The minimum atomic E-state index is -0.798. The summed E-state index contributed by atoms with van der Waals surface area (Å²) in [5.41, 5.74) is 0.898. The summed E-state index contributed by atoms with van der Waals surface area (Å²) >= 11 is 5.65. The Kier molecular flexibility index (Phi) is 3.25. The van der Waals surface area contributed by atoms with Gasteiger partial charge in [0.05, 0.1) is 5.92 Å². The number of carbonyl (C=O) groups is 1. The van der Waals surface area contributed by atoms with Gasteiger partial charge in [-0.3, -0.25) is 4.79 Å². The van der Waals surface area contributed by atoms with Crippen LogP contribution in [0.2, 0.25) is 5.15 Å². The van der Waals surface area contributed by atoms with Crippen molar-refractivity contribution in [3.8, 4) is 0 Å². The van der Waals surface area contributed by atoms with E-state index in [1.54, 1.807) is 25.3 Å². The molecule has 0 spiro atoms. The largest absolute Gasteiger partial charge is 0.481 e. The van der Waals surface area contributed by atoms with E-state index >= 15 is 0 Å². The van der Waals surface area contributed by atoms with E-state index in [9.17, 15) is 4.79 Å². The average molecular weight is 200 g/mol. The van der Waals surface area contributed by atoms with E-state index in [2.05, 4.69) is 4.98 Å². The molecule has 0 fully saturated rings. The second-order valence-corrected chi connectivity index (χ2v) is 3.32. The Morgan fingerprint density at radius 1 is 1.77 bits per heavy atom.